The molecule has 0 spiro atoms. The Bertz CT molecular complexity index is 758. The second-order valence-corrected chi connectivity index (χ2v) is 4.88. The first-order valence-electron chi connectivity index (χ1n) is 7.23. The molecule has 0 aliphatic rings. The Hall–Kier alpha value is -3.27. The minimum absolute atomic E-state index is 0.247. The van der Waals surface area contributed by atoms with Crippen LogP contribution in [0.25, 0.3) is 0 Å². The Labute approximate surface area is 134 Å². The van der Waals surface area contributed by atoms with Crippen LogP contribution in [-0.2, 0) is 0 Å². The van der Waals surface area contributed by atoms with E-state index in [1.54, 1.807) is 24.5 Å². The first kappa shape index (κ1) is 14.7. The van der Waals surface area contributed by atoms with E-state index in [4.69, 9.17) is 0 Å². The molecule has 4 nitrogen and oxygen atoms in total. The highest BCUT2D eigenvalue weighted by atomic mass is 16.2. The first-order valence-corrected chi connectivity index (χ1v) is 7.23. The number of rotatable bonds is 4. The highest BCUT2D eigenvalue weighted by molar-refractivity contribution is 6.13. The summed E-state index contributed by atoms with van der Waals surface area (Å²) in [6.07, 6.45) is 3.43. The summed E-state index contributed by atoms with van der Waals surface area (Å²) in [4.78, 5) is 16.3. The maximum Gasteiger partial charge on any atom is 0.271 e. The molecule has 0 aliphatic heterocycles. The topological polar surface area (TPSA) is 54.4 Å². The fraction of sp³-hybridized carbons (Fsp3) is 0. The molecule has 4 heteroatoms. The minimum Gasteiger partial charge on any atom is -0.267 e. The lowest BCUT2D eigenvalue weighted by molar-refractivity contribution is 0.0955. The van der Waals surface area contributed by atoms with Gasteiger partial charge in [0.1, 0.15) is 0 Å². The van der Waals surface area contributed by atoms with Gasteiger partial charge in [-0.1, -0.05) is 48.5 Å². The molecule has 0 bridgehead atoms. The quantitative estimate of drug-likeness (QED) is 0.594. The van der Waals surface area contributed by atoms with E-state index in [1.165, 1.54) is 0 Å². The molecule has 1 N–H and O–H groups in total. The molecule has 3 rings (SSSR count). The van der Waals surface area contributed by atoms with Crippen molar-refractivity contribution in [3.8, 4) is 0 Å². The van der Waals surface area contributed by atoms with E-state index in [1.807, 2.05) is 60.7 Å². The maximum absolute atomic E-state index is 12.2. The molecule has 1 heterocycles. The van der Waals surface area contributed by atoms with Crippen LogP contribution in [0.15, 0.2) is 90.3 Å². The number of pyridine rings is 1. The average molecular weight is 301 g/mol. The van der Waals surface area contributed by atoms with E-state index < -0.39 is 0 Å². The number of hydrazone groups is 1. The van der Waals surface area contributed by atoms with E-state index in [-0.39, 0.29) is 5.91 Å². The van der Waals surface area contributed by atoms with Gasteiger partial charge in [-0.25, -0.2) is 5.43 Å². The van der Waals surface area contributed by atoms with E-state index in [2.05, 4.69) is 15.5 Å². The zero-order valence-corrected chi connectivity index (χ0v) is 12.4. The number of nitrogens with zero attached hydrogens (tertiary/aromatic N) is 2. The van der Waals surface area contributed by atoms with Crippen LogP contribution in [0, 0.1) is 0 Å². The lowest BCUT2D eigenvalue weighted by Crippen LogP contribution is -2.20. The minimum atomic E-state index is -0.247. The molecular weight excluding hydrogens is 286 g/mol. The van der Waals surface area contributed by atoms with Gasteiger partial charge < -0.3 is 0 Å². The van der Waals surface area contributed by atoms with Crippen molar-refractivity contribution in [2.45, 2.75) is 0 Å². The molecule has 0 saturated carbocycles. The molecule has 2 aromatic carbocycles. The third kappa shape index (κ3) is 3.68. The van der Waals surface area contributed by atoms with Crippen LogP contribution in [0.2, 0.25) is 0 Å². The van der Waals surface area contributed by atoms with Crippen LogP contribution in [0.4, 0.5) is 0 Å². The predicted octanol–water partition coefficient (Wildman–Crippen LogP) is 3.26. The van der Waals surface area contributed by atoms with Crippen molar-refractivity contribution in [1.29, 1.82) is 0 Å². The largest absolute Gasteiger partial charge is 0.271 e. The predicted molar refractivity (Wildman–Crippen MR) is 90.2 cm³/mol. The third-order valence-corrected chi connectivity index (χ3v) is 3.29. The van der Waals surface area contributed by atoms with Crippen molar-refractivity contribution in [1.82, 2.24) is 10.4 Å². The SMILES string of the molecule is O=C(NN=C(c1ccccc1)c1cccnc1)c1ccccc1. The molecule has 23 heavy (non-hydrogen) atoms. The fourth-order valence-corrected chi connectivity index (χ4v) is 2.16. The van der Waals surface area contributed by atoms with Gasteiger partial charge in [-0.15, -0.1) is 0 Å². The summed E-state index contributed by atoms with van der Waals surface area (Å²) >= 11 is 0. The van der Waals surface area contributed by atoms with Crippen molar-refractivity contribution >= 4 is 11.6 Å². The van der Waals surface area contributed by atoms with Crippen LogP contribution in [0.1, 0.15) is 21.5 Å². The standard InChI is InChI=1S/C19H15N3O/c23-19(16-10-5-2-6-11-16)22-21-18(15-8-3-1-4-9-15)17-12-7-13-20-14-17/h1-14H,(H,22,23). The van der Waals surface area contributed by atoms with Crippen LogP contribution >= 0.6 is 0 Å². The molecule has 112 valence electrons. The Balaban J connectivity index is 1.91. The number of carbonyl (C=O) groups is 1. The monoisotopic (exact) mass is 301 g/mol. The molecule has 0 atom stereocenters. The van der Waals surface area contributed by atoms with Crippen molar-refractivity contribution in [3.05, 3.63) is 102 Å². The molecule has 3 aromatic rings. The summed E-state index contributed by atoms with van der Waals surface area (Å²) in [7, 11) is 0. The average Bonchev–Trinajstić information content (AvgIpc) is 2.64. The van der Waals surface area contributed by atoms with E-state index in [0.717, 1.165) is 11.1 Å². The van der Waals surface area contributed by atoms with Crippen molar-refractivity contribution in [3.63, 3.8) is 0 Å². The van der Waals surface area contributed by atoms with E-state index in [9.17, 15) is 4.79 Å². The summed E-state index contributed by atoms with van der Waals surface area (Å²) in [6, 6.07) is 22.4. The molecule has 1 amide bonds. The lowest BCUT2D eigenvalue weighted by Gasteiger charge is -2.07. The number of amides is 1. The highest BCUT2D eigenvalue weighted by Crippen LogP contribution is 2.09. The van der Waals surface area contributed by atoms with Gasteiger partial charge in [-0.2, -0.15) is 5.10 Å². The number of carbonyl (C=O) groups excluding carboxylic acids is 1. The lowest BCUT2D eigenvalue weighted by atomic mass is 10.0. The smallest absolute Gasteiger partial charge is 0.267 e. The summed E-state index contributed by atoms with van der Waals surface area (Å²) < 4.78 is 0. The number of benzene rings is 2. The summed E-state index contributed by atoms with van der Waals surface area (Å²) in [5, 5.41) is 4.32. The molecule has 0 radical (unpaired) electrons. The van der Waals surface area contributed by atoms with Gasteiger partial charge in [0.15, 0.2) is 0 Å². The zero-order valence-electron chi connectivity index (χ0n) is 12.4. The molecule has 0 saturated heterocycles. The Morgan fingerprint density at radius 3 is 2.00 bits per heavy atom. The molecule has 0 fully saturated rings. The van der Waals surface area contributed by atoms with Gasteiger partial charge in [0.2, 0.25) is 0 Å². The van der Waals surface area contributed by atoms with Crippen LogP contribution in [0.3, 0.4) is 0 Å². The third-order valence-electron chi connectivity index (χ3n) is 3.29. The Morgan fingerprint density at radius 2 is 1.39 bits per heavy atom. The fourth-order valence-electron chi connectivity index (χ4n) is 2.16. The number of aromatic nitrogens is 1. The maximum atomic E-state index is 12.2. The molecule has 0 aliphatic carbocycles. The Morgan fingerprint density at radius 1 is 0.783 bits per heavy atom. The normalized spacial score (nSPS) is 11.0. The second-order valence-electron chi connectivity index (χ2n) is 4.88. The van der Waals surface area contributed by atoms with E-state index in [0.29, 0.717) is 11.3 Å². The van der Waals surface area contributed by atoms with Gasteiger partial charge in [0, 0.05) is 29.1 Å². The Kier molecular flexibility index (Phi) is 4.55. The summed E-state index contributed by atoms with van der Waals surface area (Å²) in [6.45, 7) is 0. The van der Waals surface area contributed by atoms with Gasteiger partial charge in [-0.3, -0.25) is 9.78 Å². The summed E-state index contributed by atoms with van der Waals surface area (Å²) in [5.74, 6) is -0.247. The van der Waals surface area contributed by atoms with Gasteiger partial charge in [0.05, 0.1) is 5.71 Å². The van der Waals surface area contributed by atoms with Crippen molar-refractivity contribution in [2.75, 3.05) is 0 Å². The second kappa shape index (κ2) is 7.13. The van der Waals surface area contributed by atoms with Gasteiger partial charge in [0.25, 0.3) is 5.91 Å². The highest BCUT2D eigenvalue weighted by Gasteiger charge is 2.09. The molecule has 0 unspecified atom stereocenters. The van der Waals surface area contributed by atoms with Gasteiger partial charge in [-0.05, 0) is 24.3 Å². The number of hydrogen-bond donors (Lipinski definition) is 1. The van der Waals surface area contributed by atoms with Crippen LogP contribution in [-0.4, -0.2) is 16.6 Å². The first-order chi connectivity index (χ1) is 11.3. The van der Waals surface area contributed by atoms with Crippen LogP contribution < -0.4 is 5.43 Å². The number of hydrogen-bond acceptors (Lipinski definition) is 3. The van der Waals surface area contributed by atoms with Crippen LogP contribution in [0.5, 0.6) is 0 Å². The van der Waals surface area contributed by atoms with Crippen molar-refractivity contribution in [2.24, 2.45) is 5.10 Å². The summed E-state index contributed by atoms with van der Waals surface area (Å²) in [5.41, 5.74) is 5.60. The van der Waals surface area contributed by atoms with Crippen molar-refractivity contribution < 1.29 is 4.79 Å². The number of nitrogens with one attached hydrogen (secondary N) is 1. The molecular formula is C19H15N3O. The zero-order chi connectivity index (χ0) is 15.9. The van der Waals surface area contributed by atoms with Gasteiger partial charge >= 0.3 is 0 Å². The molecule has 1 aromatic heterocycles. The van der Waals surface area contributed by atoms with E-state index >= 15 is 0 Å².